The average molecular weight is 304 g/mol. The van der Waals surface area contributed by atoms with E-state index in [2.05, 4.69) is 14.8 Å². The molecule has 116 valence electrons. The molecule has 0 spiro atoms. The molecule has 0 aromatic heterocycles. The van der Waals surface area contributed by atoms with Crippen LogP contribution in [0.3, 0.4) is 0 Å². The molecule has 1 amide bonds. The van der Waals surface area contributed by atoms with Gasteiger partial charge in [-0.15, -0.1) is 0 Å². The molecule has 0 aliphatic heterocycles. The van der Waals surface area contributed by atoms with E-state index in [0.29, 0.717) is 12.0 Å². The number of ether oxygens (including phenoxy) is 2. The highest BCUT2D eigenvalue weighted by Crippen LogP contribution is 2.06. The molecule has 0 fully saturated rings. The number of carbonyl (C=O) groups is 3. The second kappa shape index (κ2) is 8.42. The van der Waals surface area contributed by atoms with E-state index in [9.17, 15) is 14.4 Å². The summed E-state index contributed by atoms with van der Waals surface area (Å²) in [5.74, 6) is -2.26. The SMILES string of the molecule is COC(=O)C(NC(=O)CCc1ccc(C#N)cc1)C(=O)OC. The Balaban J connectivity index is 2.58. The molecule has 1 rings (SSSR count). The van der Waals surface area contributed by atoms with Crippen molar-refractivity contribution < 1.29 is 23.9 Å². The predicted octanol–water partition coefficient (Wildman–Crippen LogP) is 0.322. The fourth-order valence-corrected chi connectivity index (χ4v) is 1.69. The summed E-state index contributed by atoms with van der Waals surface area (Å²) in [6.07, 6.45) is 0.489. The van der Waals surface area contributed by atoms with E-state index < -0.39 is 23.9 Å². The van der Waals surface area contributed by atoms with Gasteiger partial charge in [0.2, 0.25) is 11.9 Å². The molecule has 0 aliphatic carbocycles. The summed E-state index contributed by atoms with van der Waals surface area (Å²) in [7, 11) is 2.22. The summed E-state index contributed by atoms with van der Waals surface area (Å²) in [5.41, 5.74) is 1.39. The second-order valence-electron chi connectivity index (χ2n) is 4.36. The zero-order valence-corrected chi connectivity index (χ0v) is 12.3. The number of esters is 2. The molecule has 0 bridgehead atoms. The Kier molecular flexibility index (Phi) is 6.57. The largest absolute Gasteiger partial charge is 0.467 e. The molecule has 1 aromatic rings. The molecule has 0 aliphatic rings. The third kappa shape index (κ3) is 4.90. The summed E-state index contributed by atoms with van der Waals surface area (Å²) >= 11 is 0. The number of benzene rings is 1. The average Bonchev–Trinajstić information content (AvgIpc) is 2.56. The Morgan fingerprint density at radius 3 is 2.14 bits per heavy atom. The maximum atomic E-state index is 11.8. The maximum absolute atomic E-state index is 11.8. The van der Waals surface area contributed by atoms with Crippen molar-refractivity contribution in [1.82, 2.24) is 5.32 Å². The maximum Gasteiger partial charge on any atom is 0.340 e. The third-order valence-corrected chi connectivity index (χ3v) is 2.90. The van der Waals surface area contributed by atoms with E-state index in [1.165, 1.54) is 0 Å². The lowest BCUT2D eigenvalue weighted by molar-refractivity contribution is -0.157. The van der Waals surface area contributed by atoms with Gasteiger partial charge in [-0.25, -0.2) is 9.59 Å². The Bertz CT molecular complexity index is 573. The van der Waals surface area contributed by atoms with Crippen molar-refractivity contribution >= 4 is 17.8 Å². The van der Waals surface area contributed by atoms with Crippen LogP contribution in [0.2, 0.25) is 0 Å². The van der Waals surface area contributed by atoms with Gasteiger partial charge >= 0.3 is 11.9 Å². The number of aryl methyl sites for hydroxylation is 1. The van der Waals surface area contributed by atoms with Crippen LogP contribution in [0, 0.1) is 11.3 Å². The number of amides is 1. The van der Waals surface area contributed by atoms with Gasteiger partial charge in [0, 0.05) is 6.42 Å². The van der Waals surface area contributed by atoms with Crippen LogP contribution in [0.15, 0.2) is 24.3 Å². The number of nitriles is 1. The highest BCUT2D eigenvalue weighted by molar-refractivity contribution is 6.02. The summed E-state index contributed by atoms with van der Waals surface area (Å²) < 4.78 is 8.88. The third-order valence-electron chi connectivity index (χ3n) is 2.90. The first-order valence-electron chi connectivity index (χ1n) is 6.46. The highest BCUT2D eigenvalue weighted by Gasteiger charge is 2.30. The number of hydrogen-bond donors (Lipinski definition) is 1. The Morgan fingerprint density at radius 1 is 1.14 bits per heavy atom. The fraction of sp³-hybridized carbons (Fsp3) is 0.333. The molecular weight excluding hydrogens is 288 g/mol. The van der Waals surface area contributed by atoms with Gasteiger partial charge in [-0.3, -0.25) is 4.79 Å². The zero-order valence-electron chi connectivity index (χ0n) is 12.3. The van der Waals surface area contributed by atoms with E-state index in [4.69, 9.17) is 5.26 Å². The highest BCUT2D eigenvalue weighted by atomic mass is 16.5. The lowest BCUT2D eigenvalue weighted by atomic mass is 10.1. The minimum Gasteiger partial charge on any atom is -0.467 e. The molecule has 0 saturated heterocycles. The molecule has 1 aromatic carbocycles. The Morgan fingerprint density at radius 2 is 1.68 bits per heavy atom. The Labute approximate surface area is 127 Å². The quantitative estimate of drug-likeness (QED) is 0.599. The molecule has 0 unspecified atom stereocenters. The first kappa shape index (κ1) is 17.2. The van der Waals surface area contributed by atoms with Gasteiger partial charge < -0.3 is 14.8 Å². The van der Waals surface area contributed by atoms with E-state index in [-0.39, 0.29) is 6.42 Å². The number of carbonyl (C=O) groups excluding carboxylic acids is 3. The molecule has 0 saturated carbocycles. The van der Waals surface area contributed by atoms with Crippen molar-refractivity contribution in [3.8, 4) is 6.07 Å². The predicted molar refractivity (Wildman–Crippen MR) is 75.4 cm³/mol. The zero-order chi connectivity index (χ0) is 16.5. The van der Waals surface area contributed by atoms with Crippen molar-refractivity contribution in [2.75, 3.05) is 14.2 Å². The molecule has 7 heteroatoms. The molecule has 0 atom stereocenters. The van der Waals surface area contributed by atoms with Gasteiger partial charge in [-0.2, -0.15) is 5.26 Å². The number of hydrogen-bond acceptors (Lipinski definition) is 6. The second-order valence-corrected chi connectivity index (χ2v) is 4.36. The van der Waals surface area contributed by atoms with Gasteiger partial charge in [0.1, 0.15) is 0 Å². The molecule has 22 heavy (non-hydrogen) atoms. The fourth-order valence-electron chi connectivity index (χ4n) is 1.69. The Hall–Kier alpha value is -2.88. The van der Waals surface area contributed by atoms with Crippen LogP contribution in [-0.4, -0.2) is 38.1 Å². The van der Waals surface area contributed by atoms with Gasteiger partial charge in [0.25, 0.3) is 0 Å². The molecular formula is C15H16N2O5. The summed E-state index contributed by atoms with van der Waals surface area (Å²) in [4.78, 5) is 34.7. The van der Waals surface area contributed by atoms with Crippen LogP contribution < -0.4 is 5.32 Å². The summed E-state index contributed by atoms with van der Waals surface area (Å²) in [5, 5.41) is 11.0. The van der Waals surface area contributed by atoms with Crippen molar-refractivity contribution in [1.29, 1.82) is 5.26 Å². The van der Waals surface area contributed by atoms with Crippen molar-refractivity contribution in [3.05, 3.63) is 35.4 Å². The molecule has 0 heterocycles. The smallest absolute Gasteiger partial charge is 0.340 e. The number of nitrogens with one attached hydrogen (secondary N) is 1. The van der Waals surface area contributed by atoms with Crippen molar-refractivity contribution in [2.45, 2.75) is 18.9 Å². The van der Waals surface area contributed by atoms with E-state index >= 15 is 0 Å². The van der Waals surface area contributed by atoms with Crippen LogP contribution in [0.5, 0.6) is 0 Å². The van der Waals surface area contributed by atoms with Crippen molar-refractivity contribution in [2.24, 2.45) is 0 Å². The van der Waals surface area contributed by atoms with E-state index in [1.54, 1.807) is 24.3 Å². The van der Waals surface area contributed by atoms with Crippen molar-refractivity contribution in [3.63, 3.8) is 0 Å². The van der Waals surface area contributed by atoms with E-state index in [0.717, 1.165) is 19.8 Å². The normalized spacial score (nSPS) is 9.73. The van der Waals surface area contributed by atoms with Crippen LogP contribution >= 0.6 is 0 Å². The standard InChI is InChI=1S/C15H16N2O5/c1-21-14(19)13(15(20)22-2)17-12(18)8-7-10-3-5-11(9-16)6-4-10/h3-6,13H,7-8H2,1-2H3,(H,17,18). The monoisotopic (exact) mass is 304 g/mol. The van der Waals surface area contributed by atoms with Gasteiger partial charge in [0.05, 0.1) is 25.9 Å². The molecule has 7 nitrogen and oxygen atoms in total. The lowest BCUT2D eigenvalue weighted by Gasteiger charge is -2.14. The number of nitrogens with zero attached hydrogens (tertiary/aromatic N) is 1. The van der Waals surface area contributed by atoms with Gasteiger partial charge in [-0.1, -0.05) is 12.1 Å². The molecule has 1 N–H and O–H groups in total. The minimum atomic E-state index is -1.47. The minimum absolute atomic E-state index is 0.0798. The topological polar surface area (TPSA) is 105 Å². The first-order valence-corrected chi connectivity index (χ1v) is 6.46. The first-order chi connectivity index (χ1) is 10.5. The van der Waals surface area contributed by atoms with Crippen LogP contribution in [0.4, 0.5) is 0 Å². The van der Waals surface area contributed by atoms with Gasteiger partial charge in [0.15, 0.2) is 0 Å². The van der Waals surface area contributed by atoms with Crippen LogP contribution in [0.1, 0.15) is 17.5 Å². The summed E-state index contributed by atoms with van der Waals surface area (Å²) in [6, 6.07) is 7.32. The van der Waals surface area contributed by atoms with Gasteiger partial charge in [-0.05, 0) is 24.1 Å². The van der Waals surface area contributed by atoms with Crippen LogP contribution in [-0.2, 0) is 30.3 Å². The lowest BCUT2D eigenvalue weighted by Crippen LogP contribution is -2.47. The number of methoxy groups -OCH3 is 2. The summed E-state index contributed by atoms with van der Waals surface area (Å²) in [6.45, 7) is 0. The van der Waals surface area contributed by atoms with Crippen LogP contribution in [0.25, 0.3) is 0 Å². The number of rotatable bonds is 6. The molecule has 0 radical (unpaired) electrons. The van der Waals surface area contributed by atoms with E-state index in [1.807, 2.05) is 6.07 Å².